The van der Waals surface area contributed by atoms with Crippen LogP contribution in [0.2, 0.25) is 0 Å². The third-order valence-electron chi connectivity index (χ3n) is 5.82. The van der Waals surface area contributed by atoms with Crippen molar-refractivity contribution in [1.82, 2.24) is 10.2 Å². The van der Waals surface area contributed by atoms with E-state index in [2.05, 4.69) is 47.5 Å². The Morgan fingerprint density at radius 2 is 1.87 bits per heavy atom. The van der Waals surface area contributed by atoms with Crippen molar-refractivity contribution in [2.24, 2.45) is 0 Å². The summed E-state index contributed by atoms with van der Waals surface area (Å²) in [5.41, 5.74) is 4.86. The highest BCUT2D eigenvalue weighted by Crippen LogP contribution is 2.38. The molecule has 4 rings (SSSR count). The fourth-order valence-electron chi connectivity index (χ4n) is 4.12. The van der Waals surface area contributed by atoms with E-state index in [-0.39, 0.29) is 11.9 Å². The maximum Gasteiger partial charge on any atom is 0.287 e. The quantitative estimate of drug-likeness (QED) is 0.623. The van der Waals surface area contributed by atoms with Crippen LogP contribution in [0.3, 0.4) is 0 Å². The van der Waals surface area contributed by atoms with Gasteiger partial charge in [0.15, 0.2) is 17.3 Å². The minimum Gasteiger partial charge on any atom is -0.493 e. The Bertz CT molecular complexity index is 1030. The molecule has 2 heterocycles. The Morgan fingerprint density at radius 1 is 1.13 bits per heavy atom. The highest BCUT2D eigenvalue weighted by atomic mass is 16.5. The number of nitrogens with zero attached hydrogens (tertiary/aromatic N) is 1. The fraction of sp³-hybridized carbons (Fsp3) is 0.320. The van der Waals surface area contributed by atoms with E-state index in [4.69, 9.17) is 13.9 Å². The SMILES string of the molecule is COc1cc2c(cc1OC)[C@@H](CNC(=O)c1ccco1)N(Cc1ccc(C)cc1)CC2. The van der Waals surface area contributed by atoms with Gasteiger partial charge in [0, 0.05) is 19.6 Å². The van der Waals surface area contributed by atoms with Crippen LogP contribution in [0.1, 0.15) is 38.9 Å². The Morgan fingerprint density at radius 3 is 2.55 bits per heavy atom. The van der Waals surface area contributed by atoms with Crippen LogP contribution < -0.4 is 14.8 Å². The van der Waals surface area contributed by atoms with Crippen LogP contribution in [0, 0.1) is 6.92 Å². The summed E-state index contributed by atoms with van der Waals surface area (Å²) in [7, 11) is 3.29. The molecule has 0 bridgehead atoms. The van der Waals surface area contributed by atoms with Gasteiger partial charge in [-0.25, -0.2) is 0 Å². The lowest BCUT2D eigenvalue weighted by Crippen LogP contribution is -2.41. The van der Waals surface area contributed by atoms with Gasteiger partial charge in [0.1, 0.15) is 0 Å². The number of methoxy groups -OCH3 is 2. The van der Waals surface area contributed by atoms with E-state index in [1.807, 2.05) is 6.07 Å². The maximum absolute atomic E-state index is 12.5. The predicted octanol–water partition coefficient (Wildman–Crippen LogP) is 4.13. The molecule has 0 unspecified atom stereocenters. The van der Waals surface area contributed by atoms with Gasteiger partial charge >= 0.3 is 0 Å². The van der Waals surface area contributed by atoms with Gasteiger partial charge in [-0.3, -0.25) is 9.69 Å². The smallest absolute Gasteiger partial charge is 0.287 e. The molecule has 162 valence electrons. The Kier molecular flexibility index (Phi) is 6.28. The molecular weight excluding hydrogens is 392 g/mol. The van der Waals surface area contributed by atoms with E-state index >= 15 is 0 Å². The molecule has 0 saturated heterocycles. The number of rotatable bonds is 7. The van der Waals surface area contributed by atoms with E-state index in [0.29, 0.717) is 18.1 Å². The van der Waals surface area contributed by atoms with Crippen LogP contribution >= 0.6 is 0 Å². The number of nitrogens with one attached hydrogen (secondary N) is 1. The Balaban J connectivity index is 1.63. The van der Waals surface area contributed by atoms with Gasteiger partial charge < -0.3 is 19.2 Å². The van der Waals surface area contributed by atoms with E-state index < -0.39 is 0 Å². The second-order valence-electron chi connectivity index (χ2n) is 7.82. The van der Waals surface area contributed by atoms with Gasteiger partial charge in [0.05, 0.1) is 26.5 Å². The molecular formula is C25H28N2O4. The number of carbonyl (C=O) groups excluding carboxylic acids is 1. The molecule has 3 aromatic rings. The first-order valence-corrected chi connectivity index (χ1v) is 10.4. The summed E-state index contributed by atoms with van der Waals surface area (Å²) in [6.45, 7) is 4.24. The van der Waals surface area contributed by atoms with Gasteiger partial charge in [-0.15, -0.1) is 0 Å². The normalized spacial score (nSPS) is 15.9. The first-order chi connectivity index (χ1) is 15.1. The summed E-state index contributed by atoms with van der Waals surface area (Å²) in [4.78, 5) is 14.9. The topological polar surface area (TPSA) is 63.9 Å². The van der Waals surface area contributed by atoms with E-state index in [9.17, 15) is 4.79 Å². The second-order valence-corrected chi connectivity index (χ2v) is 7.82. The fourth-order valence-corrected chi connectivity index (χ4v) is 4.12. The second kappa shape index (κ2) is 9.27. The molecule has 1 aliphatic heterocycles. The van der Waals surface area contributed by atoms with Crippen molar-refractivity contribution in [3.8, 4) is 11.5 Å². The summed E-state index contributed by atoms with van der Waals surface area (Å²) in [6, 6.07) is 16.1. The van der Waals surface area contributed by atoms with E-state index in [0.717, 1.165) is 30.8 Å². The molecule has 1 N–H and O–H groups in total. The Hall–Kier alpha value is -3.25. The van der Waals surface area contributed by atoms with Crippen molar-refractivity contribution < 1.29 is 18.7 Å². The van der Waals surface area contributed by atoms with Crippen LogP contribution in [0.15, 0.2) is 59.2 Å². The molecule has 2 aromatic carbocycles. The standard InChI is InChI=1S/C25H28N2O4/c1-17-6-8-18(9-7-17)16-27-11-10-19-13-23(29-2)24(30-3)14-20(19)21(27)15-26-25(28)22-5-4-12-31-22/h4-9,12-14,21H,10-11,15-16H2,1-3H3,(H,26,28)/t21-/m1/s1. The number of ether oxygens (including phenoxy) is 2. The molecule has 1 aliphatic rings. The van der Waals surface area contributed by atoms with E-state index in [1.165, 1.54) is 23.0 Å². The average Bonchev–Trinajstić information content (AvgIpc) is 3.33. The number of amides is 1. The van der Waals surface area contributed by atoms with Crippen LogP contribution in [-0.2, 0) is 13.0 Å². The molecule has 1 atom stereocenters. The average molecular weight is 421 g/mol. The van der Waals surface area contributed by atoms with Crippen molar-refractivity contribution in [2.45, 2.75) is 25.9 Å². The van der Waals surface area contributed by atoms with Crippen LogP contribution in [0.4, 0.5) is 0 Å². The summed E-state index contributed by atoms with van der Waals surface area (Å²) in [5, 5.41) is 3.04. The molecule has 0 fully saturated rings. The number of hydrogen-bond acceptors (Lipinski definition) is 5. The third kappa shape index (κ3) is 4.59. The predicted molar refractivity (Wildman–Crippen MR) is 119 cm³/mol. The maximum atomic E-state index is 12.5. The van der Waals surface area contributed by atoms with Gasteiger partial charge in [0.2, 0.25) is 0 Å². The molecule has 6 heteroatoms. The first-order valence-electron chi connectivity index (χ1n) is 10.4. The number of carbonyl (C=O) groups is 1. The highest BCUT2D eigenvalue weighted by molar-refractivity contribution is 5.91. The van der Waals surface area contributed by atoms with Gasteiger partial charge in [-0.1, -0.05) is 29.8 Å². The minimum atomic E-state index is -0.215. The molecule has 0 spiro atoms. The summed E-state index contributed by atoms with van der Waals surface area (Å²) >= 11 is 0. The van der Waals surface area contributed by atoms with Gasteiger partial charge in [-0.05, 0) is 54.3 Å². The monoisotopic (exact) mass is 420 g/mol. The van der Waals surface area contributed by atoms with Crippen LogP contribution in [0.25, 0.3) is 0 Å². The molecule has 1 aromatic heterocycles. The number of benzene rings is 2. The number of hydrogen-bond donors (Lipinski definition) is 1. The number of aryl methyl sites for hydroxylation is 1. The van der Waals surface area contributed by atoms with E-state index in [1.54, 1.807) is 26.4 Å². The summed E-state index contributed by atoms with van der Waals surface area (Å²) in [5.74, 6) is 1.52. The lowest BCUT2D eigenvalue weighted by molar-refractivity contribution is 0.0898. The third-order valence-corrected chi connectivity index (χ3v) is 5.82. The molecule has 31 heavy (non-hydrogen) atoms. The van der Waals surface area contributed by atoms with Crippen molar-refractivity contribution in [1.29, 1.82) is 0 Å². The Labute approximate surface area is 182 Å². The number of furan rings is 1. The summed E-state index contributed by atoms with van der Waals surface area (Å²) < 4.78 is 16.3. The van der Waals surface area contributed by atoms with Crippen molar-refractivity contribution in [3.63, 3.8) is 0 Å². The molecule has 6 nitrogen and oxygen atoms in total. The molecule has 0 aliphatic carbocycles. The summed E-state index contributed by atoms with van der Waals surface area (Å²) in [6.07, 6.45) is 2.41. The van der Waals surface area contributed by atoms with Gasteiger partial charge in [-0.2, -0.15) is 0 Å². The zero-order chi connectivity index (χ0) is 21.8. The minimum absolute atomic E-state index is 0.00349. The molecule has 0 radical (unpaired) electrons. The van der Waals surface area contributed by atoms with Crippen molar-refractivity contribution >= 4 is 5.91 Å². The van der Waals surface area contributed by atoms with Crippen molar-refractivity contribution in [3.05, 3.63) is 82.8 Å². The van der Waals surface area contributed by atoms with Gasteiger partial charge in [0.25, 0.3) is 5.91 Å². The zero-order valence-electron chi connectivity index (χ0n) is 18.2. The van der Waals surface area contributed by atoms with Crippen molar-refractivity contribution in [2.75, 3.05) is 27.3 Å². The highest BCUT2D eigenvalue weighted by Gasteiger charge is 2.30. The number of fused-ring (bicyclic) bond motifs is 1. The lowest BCUT2D eigenvalue weighted by Gasteiger charge is -2.38. The lowest BCUT2D eigenvalue weighted by atomic mass is 9.91. The first kappa shape index (κ1) is 21.0. The van der Waals surface area contributed by atoms with Crippen LogP contribution in [0.5, 0.6) is 11.5 Å². The molecule has 0 saturated carbocycles. The largest absolute Gasteiger partial charge is 0.493 e. The molecule has 1 amide bonds. The zero-order valence-corrected chi connectivity index (χ0v) is 18.2. The van der Waals surface area contributed by atoms with Crippen LogP contribution in [-0.4, -0.2) is 38.1 Å².